The minimum Gasteiger partial charge on any atom is -0.328 e. The summed E-state index contributed by atoms with van der Waals surface area (Å²) in [5, 5.41) is 8.55. The molecule has 2 aliphatic carbocycles. The van der Waals surface area contributed by atoms with Crippen LogP contribution in [0.4, 0.5) is 0 Å². The van der Waals surface area contributed by atoms with Crippen LogP contribution in [0.25, 0.3) is 0 Å². The Bertz CT molecular complexity index is 387. The van der Waals surface area contributed by atoms with Crippen molar-refractivity contribution in [2.75, 3.05) is 0 Å². The number of nitrogens with two attached hydrogens (primary N) is 1. The van der Waals surface area contributed by atoms with E-state index in [-0.39, 0.29) is 0 Å². The molecule has 1 aromatic heterocycles. The molecule has 4 heteroatoms. The van der Waals surface area contributed by atoms with Crippen LogP contribution in [0.3, 0.4) is 0 Å². The molecule has 0 amide bonds. The Hall–Kier alpha value is -0.900. The summed E-state index contributed by atoms with van der Waals surface area (Å²) in [4.78, 5) is 0. The fourth-order valence-corrected chi connectivity index (χ4v) is 3.73. The monoisotopic (exact) mass is 262 g/mol. The SMILES string of the molecule is NC1CCC(Cc2nncn2C2CCCCC2)CC1. The fraction of sp³-hybridized carbons (Fsp3) is 0.867. The van der Waals surface area contributed by atoms with Crippen LogP contribution in [-0.4, -0.2) is 20.8 Å². The van der Waals surface area contributed by atoms with Gasteiger partial charge in [0.25, 0.3) is 0 Å². The van der Waals surface area contributed by atoms with Gasteiger partial charge < -0.3 is 10.3 Å². The third-order valence-corrected chi connectivity index (χ3v) is 4.98. The first-order chi connectivity index (χ1) is 9.33. The lowest BCUT2D eigenvalue weighted by atomic mass is 9.84. The molecule has 0 spiro atoms. The highest BCUT2D eigenvalue weighted by atomic mass is 15.3. The smallest absolute Gasteiger partial charge is 0.133 e. The summed E-state index contributed by atoms with van der Waals surface area (Å²) in [7, 11) is 0. The van der Waals surface area contributed by atoms with Crippen LogP contribution in [0.2, 0.25) is 0 Å². The zero-order valence-electron chi connectivity index (χ0n) is 11.8. The molecular formula is C15H26N4. The van der Waals surface area contributed by atoms with Crippen molar-refractivity contribution in [2.45, 2.75) is 76.3 Å². The van der Waals surface area contributed by atoms with E-state index in [4.69, 9.17) is 5.73 Å². The van der Waals surface area contributed by atoms with Crippen LogP contribution in [-0.2, 0) is 6.42 Å². The second kappa shape index (κ2) is 6.04. The predicted molar refractivity (Wildman–Crippen MR) is 75.8 cm³/mol. The molecule has 2 aliphatic rings. The third-order valence-electron chi connectivity index (χ3n) is 4.98. The van der Waals surface area contributed by atoms with Crippen LogP contribution in [0.1, 0.15) is 69.7 Å². The van der Waals surface area contributed by atoms with Gasteiger partial charge in [-0.3, -0.25) is 0 Å². The van der Waals surface area contributed by atoms with Gasteiger partial charge in [-0.25, -0.2) is 0 Å². The summed E-state index contributed by atoms with van der Waals surface area (Å²) >= 11 is 0. The van der Waals surface area contributed by atoms with Gasteiger partial charge in [-0.2, -0.15) is 0 Å². The standard InChI is InChI=1S/C15H26N4/c16-13-8-6-12(7-9-13)10-15-18-17-11-19(15)14-4-2-1-3-5-14/h11-14H,1-10,16H2. The first kappa shape index (κ1) is 13.1. The van der Waals surface area contributed by atoms with Gasteiger partial charge in [0.05, 0.1) is 0 Å². The molecule has 4 nitrogen and oxygen atoms in total. The molecule has 3 rings (SSSR count). The Morgan fingerprint density at radius 2 is 1.79 bits per heavy atom. The average molecular weight is 262 g/mol. The molecule has 0 aromatic carbocycles. The van der Waals surface area contributed by atoms with Gasteiger partial charge in [-0.05, 0) is 44.4 Å². The number of rotatable bonds is 3. The van der Waals surface area contributed by atoms with Crippen molar-refractivity contribution >= 4 is 0 Å². The molecule has 2 fully saturated rings. The lowest BCUT2D eigenvalue weighted by molar-refractivity contribution is 0.303. The van der Waals surface area contributed by atoms with Gasteiger partial charge >= 0.3 is 0 Å². The summed E-state index contributed by atoms with van der Waals surface area (Å²) in [5.74, 6) is 1.98. The molecule has 2 N–H and O–H groups in total. The second-order valence-electron chi connectivity index (χ2n) is 6.43. The molecule has 19 heavy (non-hydrogen) atoms. The van der Waals surface area contributed by atoms with Crippen LogP contribution in [0.5, 0.6) is 0 Å². The normalized spacial score (nSPS) is 29.5. The number of aromatic nitrogens is 3. The van der Waals surface area contributed by atoms with E-state index in [0.29, 0.717) is 12.1 Å². The van der Waals surface area contributed by atoms with Gasteiger partial charge in [0.15, 0.2) is 0 Å². The van der Waals surface area contributed by atoms with Gasteiger partial charge in [0, 0.05) is 18.5 Å². The molecule has 0 radical (unpaired) electrons. The largest absolute Gasteiger partial charge is 0.328 e. The molecule has 2 saturated carbocycles. The molecule has 0 unspecified atom stereocenters. The Kier molecular flexibility index (Phi) is 4.16. The number of hydrogen-bond acceptors (Lipinski definition) is 3. The van der Waals surface area contributed by atoms with Gasteiger partial charge in [-0.15, -0.1) is 10.2 Å². The number of hydrogen-bond donors (Lipinski definition) is 1. The van der Waals surface area contributed by atoms with Crippen molar-refractivity contribution in [3.05, 3.63) is 12.2 Å². The van der Waals surface area contributed by atoms with Crippen molar-refractivity contribution in [3.63, 3.8) is 0 Å². The molecular weight excluding hydrogens is 236 g/mol. The molecule has 106 valence electrons. The first-order valence-corrected chi connectivity index (χ1v) is 7.97. The van der Waals surface area contributed by atoms with E-state index >= 15 is 0 Å². The highest BCUT2D eigenvalue weighted by Gasteiger charge is 2.23. The Labute approximate surface area is 115 Å². The van der Waals surface area contributed by atoms with Crippen LogP contribution in [0, 0.1) is 5.92 Å². The third kappa shape index (κ3) is 3.16. The van der Waals surface area contributed by atoms with E-state index in [1.165, 1.54) is 63.6 Å². The first-order valence-electron chi connectivity index (χ1n) is 7.97. The maximum atomic E-state index is 5.98. The van der Waals surface area contributed by atoms with E-state index in [9.17, 15) is 0 Å². The van der Waals surface area contributed by atoms with Crippen LogP contribution < -0.4 is 5.73 Å². The summed E-state index contributed by atoms with van der Waals surface area (Å²) in [6.45, 7) is 0. The van der Waals surface area contributed by atoms with Crippen molar-refractivity contribution in [2.24, 2.45) is 11.7 Å². The van der Waals surface area contributed by atoms with Crippen molar-refractivity contribution < 1.29 is 0 Å². The van der Waals surface area contributed by atoms with Crippen LogP contribution in [0.15, 0.2) is 6.33 Å². The highest BCUT2D eigenvalue weighted by Crippen LogP contribution is 2.31. The molecule has 0 saturated heterocycles. The zero-order chi connectivity index (χ0) is 13.1. The van der Waals surface area contributed by atoms with E-state index in [1.54, 1.807) is 0 Å². The summed E-state index contributed by atoms with van der Waals surface area (Å²) in [5.41, 5.74) is 5.98. The minimum absolute atomic E-state index is 0.437. The maximum absolute atomic E-state index is 5.98. The highest BCUT2D eigenvalue weighted by molar-refractivity contribution is 4.93. The number of nitrogens with zero attached hydrogens (tertiary/aromatic N) is 3. The molecule has 0 atom stereocenters. The lowest BCUT2D eigenvalue weighted by Crippen LogP contribution is -2.28. The van der Waals surface area contributed by atoms with E-state index in [2.05, 4.69) is 14.8 Å². The van der Waals surface area contributed by atoms with Crippen LogP contribution >= 0.6 is 0 Å². The Morgan fingerprint density at radius 3 is 2.53 bits per heavy atom. The average Bonchev–Trinajstić information content (AvgIpc) is 2.90. The summed E-state index contributed by atoms with van der Waals surface area (Å²) < 4.78 is 2.37. The van der Waals surface area contributed by atoms with Gasteiger partial charge in [0.2, 0.25) is 0 Å². The lowest BCUT2D eigenvalue weighted by Gasteiger charge is -2.28. The minimum atomic E-state index is 0.437. The Morgan fingerprint density at radius 1 is 1.05 bits per heavy atom. The molecule has 0 bridgehead atoms. The molecule has 1 heterocycles. The second-order valence-corrected chi connectivity index (χ2v) is 6.43. The van der Waals surface area contributed by atoms with E-state index < -0.39 is 0 Å². The van der Waals surface area contributed by atoms with Crippen molar-refractivity contribution in [3.8, 4) is 0 Å². The van der Waals surface area contributed by atoms with E-state index in [0.717, 1.165) is 12.3 Å². The maximum Gasteiger partial charge on any atom is 0.133 e. The van der Waals surface area contributed by atoms with Crippen molar-refractivity contribution in [1.29, 1.82) is 0 Å². The predicted octanol–water partition coefficient (Wildman–Crippen LogP) is 2.84. The fourth-order valence-electron chi connectivity index (χ4n) is 3.73. The Balaban J connectivity index is 1.63. The molecule has 1 aromatic rings. The van der Waals surface area contributed by atoms with E-state index in [1.807, 2.05) is 6.33 Å². The topological polar surface area (TPSA) is 56.7 Å². The van der Waals surface area contributed by atoms with Gasteiger partial charge in [-0.1, -0.05) is 19.3 Å². The summed E-state index contributed by atoms with van der Waals surface area (Å²) in [6.07, 6.45) is 14.7. The summed E-state index contributed by atoms with van der Waals surface area (Å²) in [6, 6.07) is 1.09. The van der Waals surface area contributed by atoms with Gasteiger partial charge in [0.1, 0.15) is 12.2 Å². The van der Waals surface area contributed by atoms with Crippen molar-refractivity contribution in [1.82, 2.24) is 14.8 Å². The molecule has 0 aliphatic heterocycles. The quantitative estimate of drug-likeness (QED) is 0.911. The zero-order valence-corrected chi connectivity index (χ0v) is 11.8.